The SMILES string of the molecule is CCCN(C1CCNC1)S(=O)(=O)c1ccccc1C(=O)OC.Cl. The zero-order valence-electron chi connectivity index (χ0n) is 13.3. The van der Waals surface area contributed by atoms with Gasteiger partial charge in [0, 0.05) is 19.1 Å². The number of benzene rings is 1. The van der Waals surface area contributed by atoms with Crippen LogP contribution < -0.4 is 5.32 Å². The summed E-state index contributed by atoms with van der Waals surface area (Å²) in [6, 6.07) is 6.13. The molecule has 1 heterocycles. The number of nitrogens with zero attached hydrogens (tertiary/aromatic N) is 1. The van der Waals surface area contributed by atoms with E-state index >= 15 is 0 Å². The number of ether oxygens (including phenoxy) is 1. The van der Waals surface area contributed by atoms with Crippen molar-refractivity contribution in [3.63, 3.8) is 0 Å². The van der Waals surface area contributed by atoms with Crippen LogP contribution >= 0.6 is 12.4 Å². The van der Waals surface area contributed by atoms with Crippen LogP contribution in [0.5, 0.6) is 0 Å². The van der Waals surface area contributed by atoms with Crippen molar-refractivity contribution in [3.05, 3.63) is 29.8 Å². The predicted molar refractivity (Wildman–Crippen MR) is 90.5 cm³/mol. The standard InChI is InChI=1S/C15H22N2O4S.ClH/c1-3-10-17(12-8-9-16-11-12)22(19,20)14-7-5-4-6-13(14)15(18)21-2;/h4-7,12,16H,3,8-11H2,1-2H3;1H. The van der Waals surface area contributed by atoms with Crippen molar-refractivity contribution in [1.29, 1.82) is 0 Å². The van der Waals surface area contributed by atoms with Crippen LogP contribution in [0.3, 0.4) is 0 Å². The molecule has 1 N–H and O–H groups in total. The molecular formula is C15H23ClN2O4S. The Labute approximate surface area is 143 Å². The Kier molecular flexibility index (Phi) is 7.47. The van der Waals surface area contributed by atoms with Crippen molar-refractivity contribution in [2.45, 2.75) is 30.7 Å². The highest BCUT2D eigenvalue weighted by atomic mass is 35.5. The monoisotopic (exact) mass is 362 g/mol. The minimum absolute atomic E-state index is 0. The molecule has 8 heteroatoms. The van der Waals surface area contributed by atoms with Gasteiger partial charge in [-0.1, -0.05) is 19.1 Å². The van der Waals surface area contributed by atoms with Gasteiger partial charge >= 0.3 is 5.97 Å². The molecule has 1 aromatic carbocycles. The van der Waals surface area contributed by atoms with E-state index in [1.165, 1.54) is 23.5 Å². The molecule has 6 nitrogen and oxygen atoms in total. The minimum Gasteiger partial charge on any atom is -0.465 e. The normalized spacial score (nSPS) is 17.8. The van der Waals surface area contributed by atoms with Crippen molar-refractivity contribution in [2.75, 3.05) is 26.7 Å². The number of carbonyl (C=O) groups excluding carboxylic acids is 1. The molecule has 0 amide bonds. The molecule has 130 valence electrons. The maximum absolute atomic E-state index is 13.0. The van der Waals surface area contributed by atoms with Gasteiger partial charge in [-0.15, -0.1) is 12.4 Å². The molecule has 0 aliphatic carbocycles. The van der Waals surface area contributed by atoms with Crippen LogP contribution in [0.25, 0.3) is 0 Å². The van der Waals surface area contributed by atoms with Crippen LogP contribution in [-0.4, -0.2) is 51.5 Å². The minimum atomic E-state index is -3.74. The number of carbonyl (C=O) groups is 1. The van der Waals surface area contributed by atoms with Gasteiger partial charge in [-0.05, 0) is 31.5 Å². The average molecular weight is 363 g/mol. The number of nitrogens with one attached hydrogen (secondary N) is 1. The quantitative estimate of drug-likeness (QED) is 0.779. The van der Waals surface area contributed by atoms with Crippen LogP contribution in [0.2, 0.25) is 0 Å². The molecule has 1 fully saturated rings. The molecule has 1 saturated heterocycles. The maximum Gasteiger partial charge on any atom is 0.339 e. The lowest BCUT2D eigenvalue weighted by Gasteiger charge is -2.27. The molecular weight excluding hydrogens is 340 g/mol. The third kappa shape index (κ3) is 4.23. The van der Waals surface area contributed by atoms with Gasteiger partial charge in [-0.2, -0.15) is 4.31 Å². The van der Waals surface area contributed by atoms with E-state index in [1.807, 2.05) is 6.92 Å². The summed E-state index contributed by atoms with van der Waals surface area (Å²) in [4.78, 5) is 11.9. The number of methoxy groups -OCH3 is 1. The molecule has 0 aromatic heterocycles. The third-order valence-corrected chi connectivity index (χ3v) is 5.77. The van der Waals surface area contributed by atoms with Crippen molar-refractivity contribution in [3.8, 4) is 0 Å². The van der Waals surface area contributed by atoms with Crippen molar-refractivity contribution < 1.29 is 17.9 Å². The lowest BCUT2D eigenvalue weighted by Crippen LogP contribution is -2.42. The summed E-state index contributed by atoms with van der Waals surface area (Å²) >= 11 is 0. The smallest absolute Gasteiger partial charge is 0.339 e. The van der Waals surface area contributed by atoms with Crippen molar-refractivity contribution in [1.82, 2.24) is 9.62 Å². The van der Waals surface area contributed by atoms with E-state index in [4.69, 9.17) is 4.74 Å². The van der Waals surface area contributed by atoms with E-state index in [0.29, 0.717) is 13.1 Å². The Bertz CT molecular complexity index is 630. The molecule has 1 aliphatic heterocycles. The zero-order chi connectivity index (χ0) is 16.2. The highest BCUT2D eigenvalue weighted by Crippen LogP contribution is 2.25. The third-order valence-electron chi connectivity index (χ3n) is 3.76. The molecule has 0 bridgehead atoms. The fourth-order valence-electron chi connectivity index (χ4n) is 2.70. The number of esters is 1. The first kappa shape index (κ1) is 19.9. The number of sulfonamides is 1. The fourth-order valence-corrected chi connectivity index (χ4v) is 4.63. The van der Waals surface area contributed by atoms with Gasteiger partial charge in [0.2, 0.25) is 10.0 Å². The van der Waals surface area contributed by atoms with Gasteiger partial charge in [0.1, 0.15) is 0 Å². The first-order valence-electron chi connectivity index (χ1n) is 7.42. The molecule has 1 aromatic rings. The Morgan fingerprint density at radius 3 is 2.65 bits per heavy atom. The van der Waals surface area contributed by atoms with Crippen LogP contribution in [0.4, 0.5) is 0 Å². The number of hydrogen-bond donors (Lipinski definition) is 1. The second-order valence-corrected chi connectivity index (χ2v) is 7.11. The zero-order valence-corrected chi connectivity index (χ0v) is 15.0. The molecule has 23 heavy (non-hydrogen) atoms. The summed E-state index contributed by atoms with van der Waals surface area (Å²) in [7, 11) is -2.49. The van der Waals surface area contributed by atoms with E-state index in [0.717, 1.165) is 19.4 Å². The molecule has 1 unspecified atom stereocenters. The molecule has 1 atom stereocenters. The molecule has 0 spiro atoms. The van der Waals surface area contributed by atoms with E-state index in [2.05, 4.69) is 5.32 Å². The second-order valence-electron chi connectivity index (χ2n) is 5.25. The lowest BCUT2D eigenvalue weighted by molar-refractivity contribution is 0.0596. The summed E-state index contributed by atoms with van der Waals surface area (Å²) in [5, 5.41) is 3.19. The summed E-state index contributed by atoms with van der Waals surface area (Å²) < 4.78 is 32.3. The summed E-state index contributed by atoms with van der Waals surface area (Å²) in [5.41, 5.74) is 0.0806. The van der Waals surface area contributed by atoms with Crippen molar-refractivity contribution >= 4 is 28.4 Å². The summed E-state index contributed by atoms with van der Waals surface area (Å²) in [5.74, 6) is -0.639. The predicted octanol–water partition coefficient (Wildman–Crippen LogP) is 1.66. The van der Waals surface area contributed by atoms with Gasteiger partial charge in [0.25, 0.3) is 0 Å². The van der Waals surface area contributed by atoms with E-state index in [-0.39, 0.29) is 28.9 Å². The van der Waals surface area contributed by atoms with Gasteiger partial charge < -0.3 is 10.1 Å². The average Bonchev–Trinajstić information content (AvgIpc) is 3.05. The van der Waals surface area contributed by atoms with E-state index in [9.17, 15) is 13.2 Å². The number of hydrogen-bond acceptors (Lipinski definition) is 5. The highest BCUT2D eigenvalue weighted by molar-refractivity contribution is 7.89. The number of rotatable bonds is 6. The first-order chi connectivity index (χ1) is 10.5. The Hall–Kier alpha value is -1.15. The van der Waals surface area contributed by atoms with Gasteiger partial charge in [0.15, 0.2) is 0 Å². The lowest BCUT2D eigenvalue weighted by atomic mass is 10.2. The van der Waals surface area contributed by atoms with Crippen LogP contribution in [0, 0.1) is 0 Å². The second kappa shape index (κ2) is 8.63. The summed E-state index contributed by atoms with van der Waals surface area (Å²) in [6.07, 6.45) is 1.50. The van der Waals surface area contributed by atoms with E-state index < -0.39 is 16.0 Å². The molecule has 0 saturated carbocycles. The largest absolute Gasteiger partial charge is 0.465 e. The Morgan fingerprint density at radius 2 is 2.09 bits per heavy atom. The van der Waals surface area contributed by atoms with Gasteiger partial charge in [-0.3, -0.25) is 0 Å². The topological polar surface area (TPSA) is 75.7 Å². The molecule has 2 rings (SSSR count). The summed E-state index contributed by atoms with van der Waals surface area (Å²) in [6.45, 7) is 3.82. The fraction of sp³-hybridized carbons (Fsp3) is 0.533. The Morgan fingerprint density at radius 1 is 1.39 bits per heavy atom. The van der Waals surface area contributed by atoms with E-state index in [1.54, 1.807) is 12.1 Å². The first-order valence-corrected chi connectivity index (χ1v) is 8.86. The van der Waals surface area contributed by atoms with Gasteiger partial charge in [0.05, 0.1) is 17.6 Å². The molecule has 0 radical (unpaired) electrons. The highest BCUT2D eigenvalue weighted by Gasteiger charge is 2.34. The van der Waals surface area contributed by atoms with Crippen LogP contribution in [0.15, 0.2) is 29.2 Å². The maximum atomic E-state index is 13.0. The molecule has 1 aliphatic rings. The van der Waals surface area contributed by atoms with Crippen LogP contribution in [0.1, 0.15) is 30.1 Å². The number of halogens is 1. The van der Waals surface area contributed by atoms with Crippen molar-refractivity contribution in [2.24, 2.45) is 0 Å². The Balaban J connectivity index is 0.00000264. The van der Waals surface area contributed by atoms with Crippen LogP contribution in [-0.2, 0) is 14.8 Å². The van der Waals surface area contributed by atoms with Gasteiger partial charge in [-0.25, -0.2) is 13.2 Å².